The maximum Gasteiger partial charge on any atom is 0.261 e. The lowest BCUT2D eigenvalue weighted by atomic mass is 10.1. The van der Waals surface area contributed by atoms with E-state index < -0.39 is 0 Å². The second-order valence-electron chi connectivity index (χ2n) is 5.79. The van der Waals surface area contributed by atoms with Gasteiger partial charge < -0.3 is 19.8 Å². The van der Waals surface area contributed by atoms with E-state index in [9.17, 15) is 9.59 Å². The number of hydrogen-bond donors (Lipinski definition) is 2. The average molecular weight is 336 g/mol. The van der Waals surface area contributed by atoms with E-state index in [2.05, 4.69) is 10.3 Å². The van der Waals surface area contributed by atoms with Gasteiger partial charge in [0.25, 0.3) is 11.5 Å². The Labute approximate surface area is 143 Å². The summed E-state index contributed by atoms with van der Waals surface area (Å²) < 4.78 is 10.6. The van der Waals surface area contributed by atoms with Crippen LogP contribution in [0, 0.1) is 0 Å². The summed E-state index contributed by atoms with van der Waals surface area (Å²) in [6.45, 7) is 0.658. The number of carbonyl (C=O) groups excluding carboxylic acids is 1. The summed E-state index contributed by atoms with van der Waals surface area (Å²) in [5, 5.41) is 3.61. The zero-order valence-electron chi connectivity index (χ0n) is 13.4. The van der Waals surface area contributed by atoms with Gasteiger partial charge in [-0.25, -0.2) is 0 Å². The van der Waals surface area contributed by atoms with Gasteiger partial charge in [0, 0.05) is 12.1 Å². The topological polar surface area (TPSA) is 80.4 Å². The molecule has 4 rings (SSSR count). The first-order chi connectivity index (χ1) is 12.2. The van der Waals surface area contributed by atoms with E-state index in [1.807, 2.05) is 36.4 Å². The molecule has 0 atom stereocenters. The fourth-order valence-corrected chi connectivity index (χ4v) is 2.83. The quantitative estimate of drug-likeness (QED) is 0.766. The number of aromatic nitrogens is 1. The van der Waals surface area contributed by atoms with Crippen molar-refractivity contribution >= 4 is 16.8 Å². The van der Waals surface area contributed by atoms with Gasteiger partial charge >= 0.3 is 0 Å². The summed E-state index contributed by atoms with van der Waals surface area (Å²) in [5.41, 5.74) is 1.46. The van der Waals surface area contributed by atoms with Gasteiger partial charge in [0.15, 0.2) is 11.5 Å². The molecule has 1 aromatic heterocycles. The molecule has 2 aromatic carbocycles. The van der Waals surface area contributed by atoms with E-state index in [1.165, 1.54) is 0 Å². The second-order valence-corrected chi connectivity index (χ2v) is 5.79. The standard InChI is InChI=1S/C19H16N2O4/c22-18(14-10-13-3-1-2-4-15(13)21-19(14)23)20-8-7-12-5-6-16-17(9-12)25-11-24-16/h1-6,9-10H,7-8,11H2,(H,20,22)(H,21,23). The summed E-state index contributed by atoms with van der Waals surface area (Å²) in [4.78, 5) is 27.1. The number of H-pyrrole nitrogens is 1. The molecule has 0 fully saturated rings. The minimum atomic E-state index is -0.390. The van der Waals surface area contributed by atoms with Crippen LogP contribution in [-0.2, 0) is 6.42 Å². The smallest absolute Gasteiger partial charge is 0.261 e. The SMILES string of the molecule is O=C(NCCc1ccc2c(c1)OCO2)c1cc2ccccc2[nH]c1=O. The Morgan fingerprint density at radius 1 is 1.08 bits per heavy atom. The number of benzene rings is 2. The van der Waals surface area contributed by atoms with Gasteiger partial charge in [-0.05, 0) is 41.6 Å². The first kappa shape index (κ1) is 15.3. The molecule has 25 heavy (non-hydrogen) atoms. The molecular weight excluding hydrogens is 320 g/mol. The Hall–Kier alpha value is -3.28. The maximum atomic E-state index is 12.3. The van der Waals surface area contributed by atoms with E-state index >= 15 is 0 Å². The van der Waals surface area contributed by atoms with Crippen LogP contribution in [0.2, 0.25) is 0 Å². The van der Waals surface area contributed by atoms with Crippen LogP contribution in [-0.4, -0.2) is 24.2 Å². The predicted molar refractivity (Wildman–Crippen MR) is 93.2 cm³/mol. The first-order valence-corrected chi connectivity index (χ1v) is 7.99. The predicted octanol–water partition coefficient (Wildman–Crippen LogP) is 2.23. The zero-order chi connectivity index (χ0) is 17.2. The molecule has 0 saturated heterocycles. The number of pyridine rings is 1. The van der Waals surface area contributed by atoms with Crippen molar-refractivity contribution < 1.29 is 14.3 Å². The second kappa shape index (κ2) is 6.32. The van der Waals surface area contributed by atoms with Crippen LogP contribution in [0.25, 0.3) is 10.9 Å². The number of ether oxygens (including phenoxy) is 2. The van der Waals surface area contributed by atoms with E-state index in [0.717, 1.165) is 22.4 Å². The molecule has 0 radical (unpaired) electrons. The third-order valence-electron chi connectivity index (χ3n) is 4.13. The molecular formula is C19H16N2O4. The van der Waals surface area contributed by atoms with Crippen molar-refractivity contribution in [2.24, 2.45) is 0 Å². The molecule has 1 aliphatic heterocycles. The van der Waals surface area contributed by atoms with E-state index in [1.54, 1.807) is 12.1 Å². The largest absolute Gasteiger partial charge is 0.454 e. The number of para-hydroxylation sites is 1. The van der Waals surface area contributed by atoms with Gasteiger partial charge in [-0.15, -0.1) is 0 Å². The molecule has 1 aliphatic rings. The highest BCUT2D eigenvalue weighted by Gasteiger charge is 2.14. The summed E-state index contributed by atoms with van der Waals surface area (Å²) in [5.74, 6) is 1.07. The summed E-state index contributed by atoms with van der Waals surface area (Å²) in [6.07, 6.45) is 0.633. The Morgan fingerprint density at radius 3 is 2.84 bits per heavy atom. The molecule has 0 saturated carbocycles. The summed E-state index contributed by atoms with van der Waals surface area (Å²) in [6, 6.07) is 14.7. The highest BCUT2D eigenvalue weighted by Crippen LogP contribution is 2.32. The van der Waals surface area contributed by atoms with Gasteiger partial charge in [-0.3, -0.25) is 9.59 Å². The van der Waals surface area contributed by atoms with Crippen LogP contribution in [0.5, 0.6) is 11.5 Å². The Morgan fingerprint density at radius 2 is 1.92 bits per heavy atom. The fraction of sp³-hybridized carbons (Fsp3) is 0.158. The Balaban J connectivity index is 1.44. The fourth-order valence-electron chi connectivity index (χ4n) is 2.83. The van der Waals surface area contributed by atoms with Crippen LogP contribution in [0.3, 0.4) is 0 Å². The Bertz CT molecular complexity index is 1010. The zero-order valence-corrected chi connectivity index (χ0v) is 13.4. The highest BCUT2D eigenvalue weighted by molar-refractivity contribution is 5.97. The van der Waals surface area contributed by atoms with Gasteiger partial charge in [0.2, 0.25) is 6.79 Å². The summed E-state index contributed by atoms with van der Waals surface area (Å²) >= 11 is 0. The van der Waals surface area contributed by atoms with Crippen molar-refractivity contribution in [1.29, 1.82) is 0 Å². The van der Waals surface area contributed by atoms with E-state index in [4.69, 9.17) is 9.47 Å². The maximum absolute atomic E-state index is 12.3. The van der Waals surface area contributed by atoms with E-state index in [-0.39, 0.29) is 23.8 Å². The lowest BCUT2D eigenvalue weighted by Gasteiger charge is -2.07. The number of hydrogen-bond acceptors (Lipinski definition) is 4. The molecule has 2 heterocycles. The number of amides is 1. The lowest BCUT2D eigenvalue weighted by Crippen LogP contribution is -2.31. The molecule has 0 bridgehead atoms. The number of nitrogens with one attached hydrogen (secondary N) is 2. The number of carbonyl (C=O) groups is 1. The molecule has 2 N–H and O–H groups in total. The molecule has 1 amide bonds. The van der Waals surface area contributed by atoms with Crippen LogP contribution in [0.1, 0.15) is 15.9 Å². The molecule has 0 unspecified atom stereocenters. The van der Waals surface area contributed by atoms with Gasteiger partial charge in [0.05, 0.1) is 0 Å². The van der Waals surface area contributed by atoms with E-state index in [0.29, 0.717) is 18.5 Å². The number of fused-ring (bicyclic) bond motifs is 2. The first-order valence-electron chi connectivity index (χ1n) is 7.99. The molecule has 0 spiro atoms. The lowest BCUT2D eigenvalue weighted by molar-refractivity contribution is 0.0953. The van der Waals surface area contributed by atoms with Gasteiger partial charge in [-0.2, -0.15) is 0 Å². The van der Waals surface area contributed by atoms with Crippen LogP contribution >= 0.6 is 0 Å². The highest BCUT2D eigenvalue weighted by atomic mass is 16.7. The number of rotatable bonds is 4. The third kappa shape index (κ3) is 3.06. The van der Waals surface area contributed by atoms with Crippen molar-refractivity contribution in [3.8, 4) is 11.5 Å². The van der Waals surface area contributed by atoms with Crippen LogP contribution in [0.4, 0.5) is 0 Å². The van der Waals surface area contributed by atoms with Crippen LogP contribution in [0.15, 0.2) is 53.3 Å². The minimum absolute atomic E-state index is 0.115. The molecule has 6 nitrogen and oxygen atoms in total. The normalized spacial score (nSPS) is 12.3. The van der Waals surface area contributed by atoms with Crippen molar-refractivity contribution in [3.63, 3.8) is 0 Å². The average Bonchev–Trinajstić information content (AvgIpc) is 3.09. The van der Waals surface area contributed by atoms with Crippen molar-refractivity contribution in [2.45, 2.75) is 6.42 Å². The molecule has 6 heteroatoms. The molecule has 0 aliphatic carbocycles. The van der Waals surface area contributed by atoms with Crippen molar-refractivity contribution in [3.05, 3.63) is 70.0 Å². The summed E-state index contributed by atoms with van der Waals surface area (Å²) in [7, 11) is 0. The molecule has 3 aromatic rings. The monoisotopic (exact) mass is 336 g/mol. The van der Waals surface area contributed by atoms with Gasteiger partial charge in [0.1, 0.15) is 5.56 Å². The Kier molecular flexibility index (Phi) is 3.85. The van der Waals surface area contributed by atoms with Crippen molar-refractivity contribution in [2.75, 3.05) is 13.3 Å². The molecule has 126 valence electrons. The van der Waals surface area contributed by atoms with Crippen LogP contribution < -0.4 is 20.3 Å². The van der Waals surface area contributed by atoms with Gasteiger partial charge in [-0.1, -0.05) is 24.3 Å². The third-order valence-corrected chi connectivity index (χ3v) is 4.13. The van der Waals surface area contributed by atoms with Crippen molar-refractivity contribution in [1.82, 2.24) is 10.3 Å². The minimum Gasteiger partial charge on any atom is -0.454 e. The number of aromatic amines is 1.